The Kier molecular flexibility index (Phi) is 4.99. The predicted octanol–water partition coefficient (Wildman–Crippen LogP) is 6.01. The summed E-state index contributed by atoms with van der Waals surface area (Å²) in [5.74, 6) is -2.19. The molecule has 162 valence electrons. The van der Waals surface area contributed by atoms with Crippen LogP contribution >= 0.6 is 0 Å². The Morgan fingerprint density at radius 1 is 1.13 bits per heavy atom. The SMILES string of the molecule is CC1(C)CC(=O)c2c([nH]c(-c3ccncc3)c2Nc2ccc(F)c(OC(F)(F)F)c2)C1. The quantitative estimate of drug-likeness (QED) is 0.495. The molecule has 0 saturated carbocycles. The fraction of sp³-hybridized carbons (Fsp3) is 0.273. The van der Waals surface area contributed by atoms with Crippen LogP contribution in [-0.2, 0) is 6.42 Å². The molecule has 0 bridgehead atoms. The summed E-state index contributed by atoms with van der Waals surface area (Å²) in [5.41, 5.74) is 2.87. The maximum Gasteiger partial charge on any atom is 0.573 e. The smallest absolute Gasteiger partial charge is 0.403 e. The molecule has 0 fully saturated rings. The van der Waals surface area contributed by atoms with E-state index in [4.69, 9.17) is 0 Å². The summed E-state index contributed by atoms with van der Waals surface area (Å²) >= 11 is 0. The minimum atomic E-state index is -5.03. The van der Waals surface area contributed by atoms with E-state index >= 15 is 0 Å². The number of carbonyl (C=O) groups excluding carboxylic acids is 1. The first-order valence-electron chi connectivity index (χ1n) is 9.53. The van der Waals surface area contributed by atoms with E-state index in [0.29, 0.717) is 29.8 Å². The summed E-state index contributed by atoms with van der Waals surface area (Å²) in [4.78, 5) is 20.2. The largest absolute Gasteiger partial charge is 0.573 e. The molecule has 1 aromatic carbocycles. The summed E-state index contributed by atoms with van der Waals surface area (Å²) < 4.78 is 55.4. The van der Waals surface area contributed by atoms with Crippen molar-refractivity contribution in [3.05, 3.63) is 59.8 Å². The van der Waals surface area contributed by atoms with Crippen LogP contribution in [0.3, 0.4) is 0 Å². The van der Waals surface area contributed by atoms with E-state index in [9.17, 15) is 22.4 Å². The minimum absolute atomic E-state index is 0.0841. The third-order valence-corrected chi connectivity index (χ3v) is 5.05. The predicted molar refractivity (Wildman–Crippen MR) is 107 cm³/mol. The average molecular weight is 433 g/mol. The molecular formula is C22H19F4N3O2. The van der Waals surface area contributed by atoms with Crippen LogP contribution in [0.4, 0.5) is 28.9 Å². The number of halogens is 4. The van der Waals surface area contributed by atoms with Gasteiger partial charge in [-0.2, -0.15) is 0 Å². The number of aromatic nitrogens is 2. The van der Waals surface area contributed by atoms with E-state index in [0.717, 1.165) is 23.4 Å². The van der Waals surface area contributed by atoms with Crippen molar-refractivity contribution in [2.75, 3.05) is 5.32 Å². The first-order valence-corrected chi connectivity index (χ1v) is 9.53. The summed E-state index contributed by atoms with van der Waals surface area (Å²) in [6.07, 6.45) is -0.889. The van der Waals surface area contributed by atoms with Gasteiger partial charge in [-0.3, -0.25) is 9.78 Å². The zero-order valence-corrected chi connectivity index (χ0v) is 16.7. The van der Waals surface area contributed by atoms with Gasteiger partial charge in [0.25, 0.3) is 0 Å². The number of alkyl halides is 3. The van der Waals surface area contributed by atoms with Crippen molar-refractivity contribution in [1.29, 1.82) is 0 Å². The lowest BCUT2D eigenvalue weighted by Gasteiger charge is -2.28. The molecule has 9 heteroatoms. The number of ether oxygens (including phenoxy) is 1. The van der Waals surface area contributed by atoms with Crippen molar-refractivity contribution >= 4 is 17.2 Å². The van der Waals surface area contributed by atoms with Crippen LogP contribution in [0.5, 0.6) is 5.75 Å². The molecule has 0 saturated heterocycles. The Labute approximate surface area is 175 Å². The highest BCUT2D eigenvalue weighted by molar-refractivity contribution is 6.07. The summed E-state index contributed by atoms with van der Waals surface area (Å²) in [6, 6.07) is 6.57. The minimum Gasteiger partial charge on any atom is -0.403 e. The molecule has 5 nitrogen and oxygen atoms in total. The third-order valence-electron chi connectivity index (χ3n) is 5.05. The Bertz CT molecular complexity index is 1140. The van der Waals surface area contributed by atoms with Crippen LogP contribution in [0.25, 0.3) is 11.3 Å². The lowest BCUT2D eigenvalue weighted by atomic mass is 9.76. The molecule has 0 spiro atoms. The lowest BCUT2D eigenvalue weighted by molar-refractivity contribution is -0.275. The number of Topliss-reactive ketones (excluding diaryl/α,β-unsaturated/α-hetero) is 1. The normalized spacial score (nSPS) is 15.5. The molecule has 0 amide bonds. The molecule has 0 atom stereocenters. The second-order valence-electron chi connectivity index (χ2n) is 8.22. The van der Waals surface area contributed by atoms with Crippen LogP contribution in [0, 0.1) is 11.2 Å². The molecule has 31 heavy (non-hydrogen) atoms. The van der Waals surface area contributed by atoms with E-state index in [2.05, 4.69) is 20.0 Å². The topological polar surface area (TPSA) is 67.0 Å². The van der Waals surface area contributed by atoms with Crippen molar-refractivity contribution in [2.45, 2.75) is 33.1 Å². The van der Waals surface area contributed by atoms with E-state index in [1.807, 2.05) is 13.8 Å². The number of pyridine rings is 1. The molecule has 2 heterocycles. The monoisotopic (exact) mass is 433 g/mol. The van der Waals surface area contributed by atoms with Gasteiger partial charge in [0.05, 0.1) is 16.9 Å². The zero-order chi connectivity index (χ0) is 22.4. The number of nitrogens with one attached hydrogen (secondary N) is 2. The van der Waals surface area contributed by atoms with E-state index in [1.54, 1.807) is 24.5 Å². The number of hydrogen-bond donors (Lipinski definition) is 2. The van der Waals surface area contributed by atoms with Gasteiger partial charge < -0.3 is 15.0 Å². The van der Waals surface area contributed by atoms with Gasteiger partial charge in [-0.15, -0.1) is 13.2 Å². The maximum atomic E-state index is 13.8. The number of ketones is 1. The number of fused-ring (bicyclic) bond motifs is 1. The Morgan fingerprint density at radius 3 is 2.52 bits per heavy atom. The first-order chi connectivity index (χ1) is 14.5. The number of aromatic amines is 1. The maximum absolute atomic E-state index is 13.8. The number of benzene rings is 1. The number of nitrogens with zero attached hydrogens (tertiary/aromatic N) is 1. The Morgan fingerprint density at radius 2 is 1.84 bits per heavy atom. The first kappa shape index (κ1) is 20.9. The van der Waals surface area contributed by atoms with Gasteiger partial charge in [-0.1, -0.05) is 13.8 Å². The molecule has 2 aromatic heterocycles. The summed E-state index contributed by atoms with van der Waals surface area (Å²) in [7, 11) is 0. The van der Waals surface area contributed by atoms with Gasteiger partial charge in [-0.05, 0) is 36.1 Å². The van der Waals surface area contributed by atoms with E-state index in [1.165, 1.54) is 6.07 Å². The second kappa shape index (κ2) is 7.40. The van der Waals surface area contributed by atoms with Crippen LogP contribution < -0.4 is 10.1 Å². The molecule has 2 N–H and O–H groups in total. The van der Waals surface area contributed by atoms with Gasteiger partial charge in [0.2, 0.25) is 0 Å². The third kappa shape index (κ3) is 4.40. The summed E-state index contributed by atoms with van der Waals surface area (Å²) in [6.45, 7) is 3.99. The van der Waals surface area contributed by atoms with Crippen molar-refractivity contribution in [3.63, 3.8) is 0 Å². The van der Waals surface area contributed by atoms with Crippen LogP contribution in [0.2, 0.25) is 0 Å². The average Bonchev–Trinajstić information content (AvgIpc) is 3.01. The molecule has 0 aliphatic heterocycles. The van der Waals surface area contributed by atoms with Gasteiger partial charge in [-0.25, -0.2) is 4.39 Å². The molecule has 0 radical (unpaired) electrons. The van der Waals surface area contributed by atoms with Crippen molar-refractivity contribution < 1.29 is 27.1 Å². The molecule has 0 unspecified atom stereocenters. The van der Waals surface area contributed by atoms with Crippen LogP contribution in [0.15, 0.2) is 42.7 Å². The highest BCUT2D eigenvalue weighted by atomic mass is 19.4. The second-order valence-corrected chi connectivity index (χ2v) is 8.22. The van der Waals surface area contributed by atoms with Crippen molar-refractivity contribution in [2.24, 2.45) is 5.41 Å². The molecule has 4 rings (SSSR count). The van der Waals surface area contributed by atoms with Gasteiger partial charge in [0.15, 0.2) is 17.3 Å². The molecule has 1 aliphatic rings. The van der Waals surface area contributed by atoms with Crippen molar-refractivity contribution in [1.82, 2.24) is 9.97 Å². The Hall–Kier alpha value is -3.36. The summed E-state index contributed by atoms with van der Waals surface area (Å²) in [5, 5.41) is 3.00. The highest BCUT2D eigenvalue weighted by Crippen LogP contribution is 2.43. The standard InChI is InChI=1S/C22H19F4N3O2/c1-21(2)10-15-18(16(30)11-21)20(19(29-15)12-5-7-27-8-6-12)28-13-3-4-14(23)17(9-13)31-22(24,25)26/h3-9,28-29H,10-11H2,1-2H3. The lowest BCUT2D eigenvalue weighted by Crippen LogP contribution is -2.26. The van der Waals surface area contributed by atoms with Crippen LogP contribution in [-0.4, -0.2) is 22.1 Å². The zero-order valence-electron chi connectivity index (χ0n) is 16.7. The van der Waals surface area contributed by atoms with Crippen LogP contribution in [0.1, 0.15) is 36.3 Å². The van der Waals surface area contributed by atoms with Crippen molar-refractivity contribution in [3.8, 4) is 17.0 Å². The molecule has 3 aromatic rings. The highest BCUT2D eigenvalue weighted by Gasteiger charge is 2.36. The molecule has 1 aliphatic carbocycles. The Balaban J connectivity index is 1.81. The van der Waals surface area contributed by atoms with E-state index < -0.39 is 17.9 Å². The fourth-order valence-corrected chi connectivity index (χ4v) is 3.84. The number of anilines is 2. The number of H-pyrrole nitrogens is 1. The number of hydrogen-bond acceptors (Lipinski definition) is 4. The number of rotatable bonds is 4. The fourth-order valence-electron chi connectivity index (χ4n) is 3.84. The van der Waals surface area contributed by atoms with E-state index in [-0.39, 0.29) is 16.9 Å². The number of carbonyl (C=O) groups is 1. The van der Waals surface area contributed by atoms with Gasteiger partial charge in [0, 0.05) is 41.8 Å². The molecular weight excluding hydrogens is 414 g/mol. The van der Waals surface area contributed by atoms with Gasteiger partial charge in [0.1, 0.15) is 0 Å². The van der Waals surface area contributed by atoms with Gasteiger partial charge >= 0.3 is 6.36 Å².